The fraction of sp³-hybridized carbons (Fsp3) is 1.00. The van der Waals surface area contributed by atoms with Crippen LogP contribution < -0.4 is 0 Å². The quantitative estimate of drug-likeness (QED) is 0.249. The average Bonchev–Trinajstić information content (AvgIpc) is 1.18. The second-order valence-corrected chi connectivity index (χ2v) is 51.1. The molecule has 5 unspecified atom stereocenters. The highest BCUT2D eigenvalue weighted by atomic mass is 14.5. The zero-order valence-electron chi connectivity index (χ0n) is 87.0. The van der Waals surface area contributed by atoms with E-state index in [4.69, 9.17) is 0 Å². The Bertz CT molecular complexity index is 2060. The van der Waals surface area contributed by atoms with E-state index in [1.165, 1.54) is 212 Å². The molecule has 0 heterocycles. The third kappa shape index (κ3) is 49.8. The molecule has 4 bridgehead atoms. The fourth-order valence-electron chi connectivity index (χ4n) is 20.5. The summed E-state index contributed by atoms with van der Waals surface area (Å²) in [5.41, 5.74) is 4.04. The Hall–Kier alpha value is 0. The van der Waals surface area contributed by atoms with Crippen molar-refractivity contribution in [1.82, 2.24) is 0 Å². The summed E-state index contributed by atoms with van der Waals surface area (Å²) in [5.74, 6) is 20.2. The number of fused-ring (bicyclic) bond motifs is 4. The molecule has 11 aliphatic carbocycles. The monoisotopic (exact) mass is 1570 g/mol. The molecular formula is C112H228. The van der Waals surface area contributed by atoms with Crippen LogP contribution in [0.1, 0.15) is 554 Å². The summed E-state index contributed by atoms with van der Waals surface area (Å²) in [6, 6.07) is 0. The van der Waals surface area contributed by atoms with Crippen LogP contribution in [0.25, 0.3) is 0 Å². The number of hydrogen-bond acceptors (Lipinski definition) is 0. The second kappa shape index (κ2) is 55.9. The van der Waals surface area contributed by atoms with Gasteiger partial charge in [-0.05, 0) is 231 Å². The third-order valence-corrected chi connectivity index (χ3v) is 34.6. The van der Waals surface area contributed by atoms with Crippen LogP contribution in [0.2, 0.25) is 0 Å². The maximum absolute atomic E-state index is 2.44. The van der Waals surface area contributed by atoms with Crippen molar-refractivity contribution < 1.29 is 0 Å². The molecule has 0 aromatic carbocycles. The van der Waals surface area contributed by atoms with E-state index in [0.29, 0.717) is 48.7 Å². The summed E-state index contributed by atoms with van der Waals surface area (Å²) in [5, 5.41) is 0. The molecule has 0 N–H and O–H groups in total. The van der Waals surface area contributed by atoms with Crippen molar-refractivity contribution in [1.29, 1.82) is 0 Å². The van der Waals surface area contributed by atoms with Gasteiger partial charge in [0.1, 0.15) is 0 Å². The van der Waals surface area contributed by atoms with Gasteiger partial charge in [0.25, 0.3) is 0 Å². The van der Waals surface area contributed by atoms with Gasteiger partial charge in [-0.25, -0.2) is 0 Å². The van der Waals surface area contributed by atoms with Crippen LogP contribution in [-0.4, -0.2) is 0 Å². The highest BCUT2D eigenvalue weighted by Gasteiger charge is 2.43. The predicted octanol–water partition coefficient (Wildman–Crippen LogP) is 40.0. The van der Waals surface area contributed by atoms with Crippen LogP contribution >= 0.6 is 0 Å². The second-order valence-electron chi connectivity index (χ2n) is 51.1. The lowest BCUT2D eigenvalue weighted by Crippen LogP contribution is -2.41. The van der Waals surface area contributed by atoms with E-state index in [1.54, 1.807) is 51.4 Å². The lowest BCUT2D eigenvalue weighted by atomic mass is 9.56. The first-order valence-corrected chi connectivity index (χ1v) is 51.2. The molecule has 676 valence electrons. The minimum Gasteiger partial charge on any atom is -0.0654 e. The standard InChI is InChI=1S/C11H24.2C10H22.C9H20.2C8H14.7C8H16/c1-9(2,3)11(7,8)10(4,5)6;1-8(9(2,3)4)10(5,6)7;1-8(2)10(6,7)9(3,4)5;1-7(2)8(3)9(4,5)6;1-6-4-7-2-3-8(6)5-7;1-6-7-2-3-8(6)5-4-7;1-7-3-5-8(2)6-4-7;1-7-4-3-5-8(2)6-7;1-8(2)6-4-3-5-7-8;1-7-5-3-4-6-8(7)2;1-7(2)8-5-3-4-6-8;1-2-8-6-4-3-5-7-8;1-2-5-8-6-3-4-7-8/h1-8H3;2*8H,1-7H3;7-8H,1-6H3;2*6-8H,2-5H2,1H3;2*7-8H,3-6H2,1-2H3;3-7H2,1-2H3;2*7-8H,3-6H2,1-2H3;2*8H,2-7H2,1H3/t;;;;6-,7?,8?;;;7-,8?;;7-,8?;;;/m....0..1.1.../s1. The average molecular weight is 1580 g/mol. The first-order valence-electron chi connectivity index (χ1n) is 51.2. The van der Waals surface area contributed by atoms with Crippen molar-refractivity contribution in [2.45, 2.75) is 554 Å². The number of rotatable bonds is 6. The van der Waals surface area contributed by atoms with E-state index in [-0.39, 0.29) is 0 Å². The summed E-state index contributed by atoms with van der Waals surface area (Å²) in [7, 11) is 0. The van der Waals surface area contributed by atoms with Crippen molar-refractivity contribution >= 4 is 0 Å². The molecule has 0 aliphatic heterocycles. The predicted molar refractivity (Wildman–Crippen MR) is 519 cm³/mol. The molecule has 0 amide bonds. The largest absolute Gasteiger partial charge is 0.0654 e. The molecule has 11 rings (SSSR count). The smallest absolute Gasteiger partial charge is 0.0257 e. The van der Waals surface area contributed by atoms with Crippen LogP contribution in [-0.2, 0) is 0 Å². The summed E-state index contributed by atoms with van der Waals surface area (Å²) >= 11 is 0. The zero-order chi connectivity index (χ0) is 87.0. The zero-order valence-corrected chi connectivity index (χ0v) is 87.0. The van der Waals surface area contributed by atoms with Crippen molar-refractivity contribution in [2.24, 2.45) is 167 Å². The van der Waals surface area contributed by atoms with Crippen LogP contribution in [0.3, 0.4) is 0 Å². The minimum atomic E-state index is 0.375. The van der Waals surface area contributed by atoms with Crippen LogP contribution in [0.5, 0.6) is 0 Å². The molecule has 0 spiro atoms. The SMILES string of the molecule is CC(C(C)(C)C)C(C)(C)C.CC(C)(C)C(C)(C)C(C)(C)C.CC(C)C(C)(C)C(C)(C)C.CC(C)C(C)C(C)(C)C.CC(C)C1CCCC1.CC1(C)CCCCC1.CC1C2CCC1CC2.CC1CCC(C)CC1.CC1CCCC[C@H]1C.CC1CCC[C@@H](C)C1.CCC1CCCCC1.CCCC1CCCC1.C[C@H]1CC2CCC1C2. The molecular weight excluding hydrogens is 1350 g/mol. The van der Waals surface area contributed by atoms with Gasteiger partial charge < -0.3 is 0 Å². The van der Waals surface area contributed by atoms with Crippen molar-refractivity contribution in [3.63, 3.8) is 0 Å². The minimum absolute atomic E-state index is 0.375. The number of hydrogen-bond donors (Lipinski definition) is 0. The van der Waals surface area contributed by atoms with E-state index in [0.717, 1.165) is 118 Å². The summed E-state index contributed by atoms with van der Waals surface area (Å²) in [4.78, 5) is 0. The molecule has 0 aromatic rings. The summed E-state index contributed by atoms with van der Waals surface area (Å²) in [6.45, 7) is 98.0. The first kappa shape index (κ1) is 114. The highest BCUT2D eigenvalue weighted by molar-refractivity contribution is 4.93. The van der Waals surface area contributed by atoms with E-state index < -0.39 is 0 Å². The van der Waals surface area contributed by atoms with Gasteiger partial charge >= 0.3 is 0 Å². The van der Waals surface area contributed by atoms with Gasteiger partial charge in [0.15, 0.2) is 0 Å². The normalized spacial score (nSPS) is 28.3. The molecule has 0 heteroatoms. The van der Waals surface area contributed by atoms with Crippen molar-refractivity contribution in [2.75, 3.05) is 0 Å². The van der Waals surface area contributed by atoms with Gasteiger partial charge in [-0.1, -0.05) is 490 Å². The van der Waals surface area contributed by atoms with Gasteiger partial charge in [-0.15, -0.1) is 0 Å². The third-order valence-electron chi connectivity index (χ3n) is 34.6. The van der Waals surface area contributed by atoms with Crippen molar-refractivity contribution in [3.05, 3.63) is 0 Å². The molecule has 0 saturated heterocycles. The fourth-order valence-corrected chi connectivity index (χ4v) is 20.5. The Kier molecular flexibility index (Phi) is 56.9. The lowest BCUT2D eigenvalue weighted by molar-refractivity contribution is 0.00575. The highest BCUT2D eigenvalue weighted by Crippen LogP contribution is 2.52. The molecule has 11 fully saturated rings. The lowest BCUT2D eigenvalue weighted by Gasteiger charge is -2.49. The van der Waals surface area contributed by atoms with E-state index in [2.05, 4.69) is 291 Å². The molecule has 112 heavy (non-hydrogen) atoms. The van der Waals surface area contributed by atoms with E-state index in [9.17, 15) is 0 Å². The molecule has 11 saturated carbocycles. The van der Waals surface area contributed by atoms with Gasteiger partial charge in [0, 0.05) is 0 Å². The summed E-state index contributed by atoms with van der Waals surface area (Å²) < 4.78 is 0. The van der Waals surface area contributed by atoms with Gasteiger partial charge in [-0.2, -0.15) is 0 Å². The maximum Gasteiger partial charge on any atom is -0.0257 e. The van der Waals surface area contributed by atoms with E-state index >= 15 is 0 Å². The van der Waals surface area contributed by atoms with Gasteiger partial charge in [-0.3, -0.25) is 0 Å². The van der Waals surface area contributed by atoms with Crippen LogP contribution in [0, 0.1) is 167 Å². The van der Waals surface area contributed by atoms with E-state index in [1.807, 2.05) is 0 Å². The van der Waals surface area contributed by atoms with Gasteiger partial charge in [0.05, 0.1) is 0 Å². The Labute approximate surface area is 716 Å². The Balaban J connectivity index is 0. The molecule has 11 aliphatic rings. The van der Waals surface area contributed by atoms with Crippen LogP contribution in [0.15, 0.2) is 0 Å². The molecule has 0 nitrogen and oxygen atoms in total. The maximum atomic E-state index is 2.44. The topological polar surface area (TPSA) is 0 Å². The Morgan fingerprint density at radius 3 is 0.866 bits per heavy atom. The first-order chi connectivity index (χ1) is 51.2. The molecule has 8 atom stereocenters. The Morgan fingerprint density at radius 1 is 0.321 bits per heavy atom. The van der Waals surface area contributed by atoms with Gasteiger partial charge in [0.2, 0.25) is 0 Å². The molecule has 0 radical (unpaired) electrons. The van der Waals surface area contributed by atoms with Crippen LogP contribution in [0.4, 0.5) is 0 Å². The molecule has 0 aromatic heterocycles. The van der Waals surface area contributed by atoms with Crippen molar-refractivity contribution in [3.8, 4) is 0 Å². The summed E-state index contributed by atoms with van der Waals surface area (Å²) in [6.07, 6.45) is 61.2. The Morgan fingerprint density at radius 2 is 0.688 bits per heavy atom.